The predicted molar refractivity (Wildman–Crippen MR) is 203 cm³/mol. The summed E-state index contributed by atoms with van der Waals surface area (Å²) in [5.41, 5.74) is 0.776. The molecule has 0 fully saturated rings. The highest BCUT2D eigenvalue weighted by Crippen LogP contribution is 2.26. The van der Waals surface area contributed by atoms with Crippen molar-refractivity contribution in [2.45, 2.75) is 143 Å². The molecule has 0 aliphatic rings. The quantitative estimate of drug-likeness (QED) is 0.0479. The molecule has 272 valence electrons. The number of ether oxygens (including phenoxy) is 3. The van der Waals surface area contributed by atoms with E-state index in [9.17, 15) is 14.7 Å². The molecule has 1 atom stereocenters. The zero-order chi connectivity index (χ0) is 36.4. The number of carbonyl (C=O) groups excluding carboxylic acids is 2. The first-order chi connectivity index (χ1) is 20.7. The Morgan fingerprint density at radius 2 is 1.07 bits per heavy atom. The van der Waals surface area contributed by atoms with E-state index >= 15 is 0 Å². The number of carbonyl (C=O) groups is 2. The van der Waals surface area contributed by atoms with Crippen molar-refractivity contribution in [3.05, 3.63) is 24.3 Å². The van der Waals surface area contributed by atoms with Gasteiger partial charge in [0.2, 0.25) is 0 Å². The topological polar surface area (TPSA) is 110 Å². The predicted octanol–water partition coefficient (Wildman–Crippen LogP) is 8.37. The van der Waals surface area contributed by atoms with Crippen LogP contribution in [-0.4, -0.2) is 91.4 Å². The van der Waals surface area contributed by atoms with Gasteiger partial charge in [-0.1, -0.05) is 32.9 Å². The molecule has 0 spiro atoms. The van der Waals surface area contributed by atoms with E-state index in [1.165, 1.54) is 18.9 Å². The zero-order valence-electron chi connectivity index (χ0n) is 32.0. The van der Waals surface area contributed by atoms with Crippen LogP contribution >= 0.6 is 0 Å². The molecule has 0 saturated carbocycles. The Bertz CT molecular complexity index is 912. The van der Waals surface area contributed by atoms with Gasteiger partial charge in [-0.05, 0) is 117 Å². The van der Waals surface area contributed by atoms with E-state index in [1.54, 1.807) is 13.8 Å². The minimum atomic E-state index is -2.24. The molecule has 1 unspecified atom stereocenters. The fourth-order valence-corrected chi connectivity index (χ4v) is 26.2. The van der Waals surface area contributed by atoms with Crippen LogP contribution in [-0.2, 0) is 36.1 Å². The summed E-state index contributed by atoms with van der Waals surface area (Å²) in [6, 6.07) is 3.14. The SMILES string of the molecule is C=C(C)C(=O)OCC(O)COCCC[Si](C)(O[Si](C)(C)C)O[Si](C)(C)C.C=C(C)C(=O)OCCC[Si](C)(C)O[Si](C)(C)CCCC. The normalized spacial score (nSPS) is 13.4. The summed E-state index contributed by atoms with van der Waals surface area (Å²) >= 11 is 0. The molecule has 0 saturated heterocycles. The summed E-state index contributed by atoms with van der Waals surface area (Å²) in [6.07, 6.45) is 3.36. The lowest BCUT2D eigenvalue weighted by molar-refractivity contribution is -0.143. The Morgan fingerprint density at radius 1 is 0.630 bits per heavy atom. The van der Waals surface area contributed by atoms with Crippen LogP contribution in [0.2, 0.25) is 90.1 Å². The Labute approximate surface area is 287 Å². The summed E-state index contributed by atoms with van der Waals surface area (Å²) in [5.74, 6) is -0.791. The fraction of sp³-hybridized carbons (Fsp3) is 0.812. The average molecular weight is 739 g/mol. The Kier molecular flexibility index (Phi) is 22.8. The minimum absolute atomic E-state index is 0.0877. The molecule has 0 radical (unpaired) electrons. The van der Waals surface area contributed by atoms with Crippen LogP contribution in [0.4, 0.5) is 0 Å². The highest BCUT2D eigenvalue weighted by Gasteiger charge is 2.39. The molecule has 0 rings (SSSR count). The fourth-order valence-electron chi connectivity index (χ4n) is 4.71. The monoisotopic (exact) mass is 738 g/mol. The molecule has 0 aromatic rings. The van der Waals surface area contributed by atoms with Crippen molar-refractivity contribution in [1.82, 2.24) is 0 Å². The van der Waals surface area contributed by atoms with E-state index in [2.05, 4.69) is 92.1 Å². The summed E-state index contributed by atoms with van der Waals surface area (Å²) in [6.45, 7) is 38.0. The number of hydrogen-bond acceptors (Lipinski definition) is 9. The molecule has 1 N–H and O–H groups in total. The van der Waals surface area contributed by atoms with Gasteiger partial charge in [-0.3, -0.25) is 0 Å². The molecule has 0 aromatic heterocycles. The first-order valence-corrected chi connectivity index (χ1v) is 32.3. The van der Waals surface area contributed by atoms with Crippen molar-refractivity contribution in [2.24, 2.45) is 0 Å². The first-order valence-electron chi connectivity index (χ1n) is 16.7. The molecule has 14 heteroatoms. The molecule has 0 heterocycles. The van der Waals surface area contributed by atoms with Gasteiger partial charge >= 0.3 is 20.5 Å². The molecule has 46 heavy (non-hydrogen) atoms. The summed E-state index contributed by atoms with van der Waals surface area (Å²) in [4.78, 5) is 22.6. The largest absolute Gasteiger partial charge is 0.462 e. The minimum Gasteiger partial charge on any atom is -0.462 e. The van der Waals surface area contributed by atoms with Crippen LogP contribution in [0.25, 0.3) is 0 Å². The maximum absolute atomic E-state index is 11.3. The lowest BCUT2D eigenvalue weighted by atomic mass is 10.3. The van der Waals surface area contributed by atoms with E-state index in [0.29, 0.717) is 24.4 Å². The number of aliphatic hydroxyl groups is 1. The first kappa shape index (κ1) is 47.4. The third-order valence-corrected chi connectivity index (χ3v) is 23.4. The van der Waals surface area contributed by atoms with Crippen LogP contribution in [0.5, 0.6) is 0 Å². The second-order valence-corrected chi connectivity index (χ2v) is 37.2. The van der Waals surface area contributed by atoms with E-state index in [0.717, 1.165) is 24.9 Å². The number of aliphatic hydroxyl groups excluding tert-OH is 1. The lowest BCUT2D eigenvalue weighted by Crippen LogP contribution is -2.52. The maximum atomic E-state index is 11.3. The third-order valence-electron chi connectivity index (χ3n) is 6.22. The zero-order valence-corrected chi connectivity index (χ0v) is 37.0. The molecule has 0 aliphatic heterocycles. The van der Waals surface area contributed by atoms with Gasteiger partial charge in [0, 0.05) is 17.8 Å². The number of esters is 2. The van der Waals surface area contributed by atoms with Gasteiger partial charge in [0.25, 0.3) is 0 Å². The highest BCUT2D eigenvalue weighted by molar-refractivity contribution is 6.87. The van der Waals surface area contributed by atoms with E-state index < -0.39 is 53.9 Å². The second kappa shape index (κ2) is 22.1. The van der Waals surface area contributed by atoms with Crippen molar-refractivity contribution >= 4 is 53.8 Å². The van der Waals surface area contributed by atoms with Crippen molar-refractivity contribution in [1.29, 1.82) is 0 Å². The summed E-state index contributed by atoms with van der Waals surface area (Å²) < 4.78 is 34.9. The smallest absolute Gasteiger partial charge is 0.333 e. The van der Waals surface area contributed by atoms with Crippen molar-refractivity contribution < 1.29 is 41.3 Å². The molecule has 9 nitrogen and oxygen atoms in total. The van der Waals surface area contributed by atoms with Crippen molar-refractivity contribution in [3.63, 3.8) is 0 Å². The molecule has 0 aromatic carbocycles. The second-order valence-electron chi connectivity index (χ2n) is 15.5. The molecular formula is C32H70O9Si5. The average Bonchev–Trinajstić information content (AvgIpc) is 2.85. The van der Waals surface area contributed by atoms with E-state index in [4.69, 9.17) is 26.6 Å². The van der Waals surface area contributed by atoms with Gasteiger partial charge in [0.15, 0.2) is 33.3 Å². The van der Waals surface area contributed by atoms with Crippen molar-refractivity contribution in [2.75, 3.05) is 26.4 Å². The van der Waals surface area contributed by atoms with Gasteiger partial charge in [-0.15, -0.1) is 0 Å². The number of hydrogen-bond donors (Lipinski definition) is 1. The van der Waals surface area contributed by atoms with E-state index in [-0.39, 0.29) is 19.2 Å². The van der Waals surface area contributed by atoms with Crippen molar-refractivity contribution in [3.8, 4) is 0 Å². The van der Waals surface area contributed by atoms with E-state index in [1.807, 2.05) is 0 Å². The van der Waals surface area contributed by atoms with Crippen LogP contribution in [0.15, 0.2) is 24.3 Å². The van der Waals surface area contributed by atoms with Crippen LogP contribution in [0, 0.1) is 0 Å². The maximum Gasteiger partial charge on any atom is 0.333 e. The third kappa shape index (κ3) is 28.3. The highest BCUT2D eigenvalue weighted by atomic mass is 28.5. The molecule has 0 bridgehead atoms. The van der Waals surface area contributed by atoms with Gasteiger partial charge in [0.05, 0.1) is 13.2 Å². The van der Waals surface area contributed by atoms with Gasteiger partial charge < -0.3 is 31.7 Å². The number of rotatable bonds is 23. The standard InChI is InChI=1S/C17H38O6Si3.C15H32O3Si2/c1-15(2)17(19)21-14-16(18)13-20-11-10-12-26(9,22-24(3,4)5)23-25(6,7)8;1-8-9-12-19(4,5)18-20(6,7)13-10-11-17-15(16)14(2)3/h16,18H,1,10-14H2,2-9H3;2,8-13H2,1,3-7H3. The number of unbranched alkanes of at least 4 members (excludes halogenated alkanes) is 1. The van der Waals surface area contributed by atoms with Gasteiger partial charge in [-0.25, -0.2) is 9.59 Å². The Morgan fingerprint density at radius 3 is 1.50 bits per heavy atom. The molecular weight excluding hydrogens is 669 g/mol. The Balaban J connectivity index is 0. The van der Waals surface area contributed by atoms with Crippen LogP contribution in [0.3, 0.4) is 0 Å². The summed E-state index contributed by atoms with van der Waals surface area (Å²) in [7, 11) is -8.77. The molecule has 0 aliphatic carbocycles. The van der Waals surface area contributed by atoms with Gasteiger partial charge in [-0.2, -0.15) is 0 Å². The Hall–Kier alpha value is -0.696. The van der Waals surface area contributed by atoms with Crippen LogP contribution in [0.1, 0.15) is 46.5 Å². The summed E-state index contributed by atoms with van der Waals surface area (Å²) in [5, 5.41) is 9.78. The van der Waals surface area contributed by atoms with Gasteiger partial charge in [0.1, 0.15) is 12.7 Å². The van der Waals surface area contributed by atoms with Crippen LogP contribution < -0.4 is 0 Å². The molecule has 0 amide bonds. The lowest BCUT2D eigenvalue weighted by Gasteiger charge is -2.38.